The van der Waals surface area contributed by atoms with Gasteiger partial charge in [0.25, 0.3) is 0 Å². The van der Waals surface area contributed by atoms with Crippen molar-refractivity contribution >= 4 is 5.69 Å². The van der Waals surface area contributed by atoms with E-state index in [9.17, 15) is 0 Å². The topological polar surface area (TPSA) is 15.3 Å². The van der Waals surface area contributed by atoms with Crippen LogP contribution in [0.3, 0.4) is 0 Å². The molecule has 1 atom stereocenters. The van der Waals surface area contributed by atoms with Gasteiger partial charge in [0.05, 0.1) is 0 Å². The third-order valence-corrected chi connectivity index (χ3v) is 3.33. The van der Waals surface area contributed by atoms with E-state index in [4.69, 9.17) is 0 Å². The van der Waals surface area contributed by atoms with Gasteiger partial charge in [0.15, 0.2) is 0 Å². The third kappa shape index (κ3) is 3.74. The maximum absolute atomic E-state index is 3.34. The second kappa shape index (κ2) is 6.79. The average Bonchev–Trinajstić information content (AvgIpc) is 2.34. The molecule has 0 spiro atoms. The molecule has 1 aromatic carbocycles. The van der Waals surface area contributed by atoms with Crippen LogP contribution in [0.2, 0.25) is 0 Å². The zero-order chi connectivity index (χ0) is 13.7. The van der Waals surface area contributed by atoms with Crippen LogP contribution in [0.15, 0.2) is 24.3 Å². The van der Waals surface area contributed by atoms with E-state index in [1.165, 1.54) is 11.3 Å². The molecule has 2 nitrogen and oxygen atoms in total. The van der Waals surface area contributed by atoms with Crippen molar-refractivity contribution in [2.75, 3.05) is 18.5 Å². The summed E-state index contributed by atoms with van der Waals surface area (Å²) in [5.74, 6) is 0.672. The number of rotatable bonds is 6. The van der Waals surface area contributed by atoms with Gasteiger partial charge in [-0.15, -0.1) is 0 Å². The molecule has 0 fully saturated rings. The summed E-state index contributed by atoms with van der Waals surface area (Å²) in [4.78, 5) is 2.51. The smallest absolute Gasteiger partial charge is 0.0417 e. The molecule has 0 amide bonds. The molecule has 0 bridgehead atoms. The molecule has 0 saturated carbocycles. The van der Waals surface area contributed by atoms with Crippen LogP contribution in [-0.2, 0) is 0 Å². The first-order chi connectivity index (χ1) is 8.47. The zero-order valence-electron chi connectivity index (χ0n) is 12.7. The van der Waals surface area contributed by atoms with Crippen LogP contribution in [-0.4, -0.2) is 19.6 Å². The lowest BCUT2D eigenvalue weighted by Crippen LogP contribution is -2.35. The fraction of sp³-hybridized carbons (Fsp3) is 0.625. The van der Waals surface area contributed by atoms with Gasteiger partial charge in [-0.1, -0.05) is 32.0 Å². The summed E-state index contributed by atoms with van der Waals surface area (Å²) in [5, 5.41) is 3.34. The lowest BCUT2D eigenvalue weighted by molar-refractivity contribution is 0.563. The number of benzene rings is 1. The summed E-state index contributed by atoms with van der Waals surface area (Å²) in [6.07, 6.45) is 0. The lowest BCUT2D eigenvalue weighted by Gasteiger charge is -2.33. The van der Waals surface area contributed by atoms with Crippen LogP contribution in [0.1, 0.15) is 46.2 Å². The standard InChI is InChI=1S/C16H28N2/c1-12(2)11-18(13(3)4)16-10-8-7-9-15(16)14(5)17-6/h7-10,12-14,17H,11H2,1-6H3. The zero-order valence-corrected chi connectivity index (χ0v) is 12.7. The first-order valence-electron chi connectivity index (χ1n) is 7.00. The molecule has 102 valence electrons. The van der Waals surface area contributed by atoms with Crippen molar-refractivity contribution in [3.63, 3.8) is 0 Å². The van der Waals surface area contributed by atoms with Gasteiger partial charge in [-0.3, -0.25) is 0 Å². The molecule has 1 N–H and O–H groups in total. The van der Waals surface area contributed by atoms with E-state index in [1.807, 2.05) is 7.05 Å². The van der Waals surface area contributed by atoms with E-state index in [2.05, 4.69) is 69.1 Å². The molecule has 0 heterocycles. The average molecular weight is 248 g/mol. The second-order valence-electron chi connectivity index (χ2n) is 5.71. The molecular weight excluding hydrogens is 220 g/mol. The molecule has 1 unspecified atom stereocenters. The second-order valence-corrected chi connectivity index (χ2v) is 5.71. The van der Waals surface area contributed by atoms with Crippen molar-refractivity contribution in [1.29, 1.82) is 0 Å². The third-order valence-electron chi connectivity index (χ3n) is 3.33. The summed E-state index contributed by atoms with van der Waals surface area (Å²) in [5.41, 5.74) is 2.75. The Balaban J connectivity index is 3.11. The Kier molecular flexibility index (Phi) is 5.67. The Morgan fingerprint density at radius 3 is 2.17 bits per heavy atom. The number of para-hydroxylation sites is 1. The molecule has 0 aromatic heterocycles. The van der Waals surface area contributed by atoms with Gasteiger partial charge >= 0.3 is 0 Å². The van der Waals surface area contributed by atoms with Crippen LogP contribution in [0.4, 0.5) is 5.69 Å². The fourth-order valence-corrected chi connectivity index (χ4v) is 2.25. The van der Waals surface area contributed by atoms with Crippen LogP contribution in [0.25, 0.3) is 0 Å². The predicted molar refractivity (Wildman–Crippen MR) is 81.2 cm³/mol. The van der Waals surface area contributed by atoms with E-state index < -0.39 is 0 Å². The largest absolute Gasteiger partial charge is 0.369 e. The van der Waals surface area contributed by atoms with Gasteiger partial charge in [0.1, 0.15) is 0 Å². The van der Waals surface area contributed by atoms with Gasteiger partial charge < -0.3 is 10.2 Å². The molecular formula is C16H28N2. The van der Waals surface area contributed by atoms with Crippen molar-refractivity contribution in [3.05, 3.63) is 29.8 Å². The first-order valence-corrected chi connectivity index (χ1v) is 7.00. The number of hydrogen-bond donors (Lipinski definition) is 1. The van der Waals surface area contributed by atoms with Crippen molar-refractivity contribution < 1.29 is 0 Å². The Morgan fingerprint density at radius 2 is 1.67 bits per heavy atom. The summed E-state index contributed by atoms with van der Waals surface area (Å²) in [6.45, 7) is 12.4. The van der Waals surface area contributed by atoms with E-state index in [-0.39, 0.29) is 0 Å². The molecule has 0 saturated heterocycles. The maximum atomic E-state index is 3.34. The summed E-state index contributed by atoms with van der Waals surface area (Å²) < 4.78 is 0. The number of hydrogen-bond acceptors (Lipinski definition) is 2. The first kappa shape index (κ1) is 15.0. The van der Waals surface area contributed by atoms with E-state index in [1.54, 1.807) is 0 Å². The van der Waals surface area contributed by atoms with Gasteiger partial charge in [0, 0.05) is 24.3 Å². The molecule has 0 aliphatic heterocycles. The number of nitrogens with zero attached hydrogens (tertiary/aromatic N) is 1. The summed E-state index contributed by atoms with van der Waals surface area (Å²) >= 11 is 0. The molecule has 0 aliphatic carbocycles. The number of anilines is 1. The highest BCUT2D eigenvalue weighted by Crippen LogP contribution is 2.28. The minimum Gasteiger partial charge on any atom is -0.369 e. The summed E-state index contributed by atoms with van der Waals surface area (Å²) in [6, 6.07) is 9.64. The lowest BCUT2D eigenvalue weighted by atomic mass is 10.0. The molecule has 18 heavy (non-hydrogen) atoms. The minimum atomic E-state index is 0.384. The normalized spacial score (nSPS) is 13.1. The highest BCUT2D eigenvalue weighted by atomic mass is 15.2. The Labute approximate surface area is 112 Å². The van der Waals surface area contributed by atoms with Crippen LogP contribution < -0.4 is 10.2 Å². The van der Waals surface area contributed by atoms with Crippen LogP contribution in [0, 0.1) is 5.92 Å². The fourth-order valence-electron chi connectivity index (χ4n) is 2.25. The van der Waals surface area contributed by atoms with Gasteiger partial charge in [0.2, 0.25) is 0 Å². The molecule has 0 aliphatic rings. The quantitative estimate of drug-likeness (QED) is 0.823. The highest BCUT2D eigenvalue weighted by molar-refractivity contribution is 5.55. The maximum Gasteiger partial charge on any atom is 0.0417 e. The van der Waals surface area contributed by atoms with E-state index in [0.717, 1.165) is 6.54 Å². The minimum absolute atomic E-state index is 0.384. The molecule has 0 radical (unpaired) electrons. The van der Waals surface area contributed by atoms with Gasteiger partial charge in [-0.2, -0.15) is 0 Å². The van der Waals surface area contributed by atoms with Gasteiger partial charge in [-0.05, 0) is 45.4 Å². The molecule has 2 heteroatoms. The van der Waals surface area contributed by atoms with Crippen molar-refractivity contribution in [3.8, 4) is 0 Å². The van der Waals surface area contributed by atoms with Crippen LogP contribution in [0.5, 0.6) is 0 Å². The van der Waals surface area contributed by atoms with E-state index >= 15 is 0 Å². The number of nitrogens with one attached hydrogen (secondary N) is 1. The predicted octanol–water partition coefficient (Wildman–Crippen LogP) is 3.84. The van der Waals surface area contributed by atoms with Crippen molar-refractivity contribution in [2.24, 2.45) is 5.92 Å². The van der Waals surface area contributed by atoms with E-state index in [0.29, 0.717) is 18.0 Å². The molecule has 1 rings (SSSR count). The Morgan fingerprint density at radius 1 is 1.06 bits per heavy atom. The van der Waals surface area contributed by atoms with Gasteiger partial charge in [-0.25, -0.2) is 0 Å². The molecule has 1 aromatic rings. The Bertz CT molecular complexity index is 358. The highest BCUT2D eigenvalue weighted by Gasteiger charge is 2.17. The Hall–Kier alpha value is -1.02. The van der Waals surface area contributed by atoms with Crippen LogP contribution >= 0.6 is 0 Å². The van der Waals surface area contributed by atoms with Crippen molar-refractivity contribution in [1.82, 2.24) is 5.32 Å². The monoisotopic (exact) mass is 248 g/mol. The van der Waals surface area contributed by atoms with Crippen molar-refractivity contribution in [2.45, 2.75) is 46.7 Å². The summed E-state index contributed by atoms with van der Waals surface area (Å²) in [7, 11) is 2.02. The SMILES string of the molecule is CNC(C)c1ccccc1N(CC(C)C)C(C)C.